The van der Waals surface area contributed by atoms with E-state index in [9.17, 15) is 8.42 Å². The van der Waals surface area contributed by atoms with Crippen LogP contribution in [0.1, 0.15) is 13.3 Å². The second kappa shape index (κ2) is 4.75. The maximum Gasteiger partial charge on any atom is 0.243 e. The monoisotopic (exact) mass is 258 g/mol. The molecule has 0 saturated carbocycles. The largest absolute Gasteiger partial charge is 0.315 e. The Hall–Kier alpha value is -0.920. The van der Waals surface area contributed by atoms with Gasteiger partial charge in [-0.05, 0) is 18.9 Å². The lowest BCUT2D eigenvalue weighted by Crippen LogP contribution is -2.50. The van der Waals surface area contributed by atoms with Crippen molar-refractivity contribution >= 4 is 10.0 Å². The lowest BCUT2D eigenvalue weighted by Gasteiger charge is -2.29. The smallest absolute Gasteiger partial charge is 0.243 e. The van der Waals surface area contributed by atoms with E-state index in [4.69, 9.17) is 0 Å². The van der Waals surface area contributed by atoms with E-state index in [0.717, 1.165) is 13.0 Å². The number of aromatic nitrogens is 2. The van der Waals surface area contributed by atoms with Crippen molar-refractivity contribution in [3.05, 3.63) is 12.4 Å². The minimum absolute atomic E-state index is 0.0473. The van der Waals surface area contributed by atoms with E-state index in [2.05, 4.69) is 22.1 Å². The summed E-state index contributed by atoms with van der Waals surface area (Å²) < 4.78 is 28.3. The van der Waals surface area contributed by atoms with E-state index in [1.54, 1.807) is 7.05 Å². The van der Waals surface area contributed by atoms with Crippen molar-refractivity contribution in [2.24, 2.45) is 13.0 Å². The van der Waals surface area contributed by atoms with Crippen LogP contribution in [0, 0.1) is 5.92 Å². The summed E-state index contributed by atoms with van der Waals surface area (Å²) in [7, 11) is -1.75. The molecule has 0 radical (unpaired) electrons. The van der Waals surface area contributed by atoms with Gasteiger partial charge in [-0.2, -0.15) is 5.10 Å². The van der Waals surface area contributed by atoms with Gasteiger partial charge in [0.25, 0.3) is 0 Å². The molecule has 2 heterocycles. The topological polar surface area (TPSA) is 76.0 Å². The molecule has 1 aliphatic rings. The highest BCUT2D eigenvalue weighted by atomic mass is 32.2. The van der Waals surface area contributed by atoms with Crippen LogP contribution in [-0.2, 0) is 17.1 Å². The van der Waals surface area contributed by atoms with E-state index >= 15 is 0 Å². The Kier molecular flexibility index (Phi) is 3.50. The molecule has 1 aromatic rings. The predicted octanol–water partition coefficient (Wildman–Crippen LogP) is -0.304. The summed E-state index contributed by atoms with van der Waals surface area (Å²) in [6.45, 7) is 3.70. The fraction of sp³-hybridized carbons (Fsp3) is 0.700. The fourth-order valence-electron chi connectivity index (χ4n) is 1.95. The molecule has 1 aliphatic heterocycles. The quantitative estimate of drug-likeness (QED) is 0.780. The number of piperidine rings is 1. The number of hydrogen-bond acceptors (Lipinski definition) is 4. The van der Waals surface area contributed by atoms with Gasteiger partial charge >= 0.3 is 0 Å². The number of sulfonamides is 1. The van der Waals surface area contributed by atoms with Crippen LogP contribution in [0.4, 0.5) is 0 Å². The first-order valence-corrected chi connectivity index (χ1v) is 7.19. The SMILES string of the molecule is C[C@@H]1CCNC[C@@H]1NS(=O)(=O)c1cnn(C)c1. The Bertz CT molecular complexity index is 482. The van der Waals surface area contributed by atoms with E-state index in [1.807, 2.05) is 0 Å². The lowest BCUT2D eigenvalue weighted by atomic mass is 9.96. The van der Waals surface area contributed by atoms with Gasteiger partial charge in [0, 0.05) is 25.8 Å². The maximum atomic E-state index is 12.1. The first-order valence-electron chi connectivity index (χ1n) is 5.71. The van der Waals surface area contributed by atoms with Crippen LogP contribution in [0.25, 0.3) is 0 Å². The zero-order valence-corrected chi connectivity index (χ0v) is 10.9. The Morgan fingerprint density at radius 2 is 2.35 bits per heavy atom. The van der Waals surface area contributed by atoms with E-state index in [1.165, 1.54) is 17.1 Å². The summed E-state index contributed by atoms with van der Waals surface area (Å²) in [6, 6.07) is -0.0473. The van der Waals surface area contributed by atoms with Crippen molar-refractivity contribution < 1.29 is 8.42 Å². The van der Waals surface area contributed by atoms with Gasteiger partial charge in [0.15, 0.2) is 0 Å². The van der Waals surface area contributed by atoms with Crippen molar-refractivity contribution in [2.45, 2.75) is 24.3 Å². The molecule has 1 fully saturated rings. The van der Waals surface area contributed by atoms with Crippen LogP contribution in [0.15, 0.2) is 17.3 Å². The molecule has 0 spiro atoms. The molecule has 2 atom stereocenters. The number of hydrogen-bond donors (Lipinski definition) is 2. The normalized spacial score (nSPS) is 26.0. The predicted molar refractivity (Wildman–Crippen MR) is 64.0 cm³/mol. The summed E-state index contributed by atoms with van der Waals surface area (Å²) in [5.74, 6) is 0.350. The molecule has 2 rings (SSSR count). The molecule has 6 nitrogen and oxygen atoms in total. The third-order valence-electron chi connectivity index (χ3n) is 3.13. The third-order valence-corrected chi connectivity index (χ3v) is 4.57. The van der Waals surface area contributed by atoms with Crippen molar-refractivity contribution in [3.63, 3.8) is 0 Å². The van der Waals surface area contributed by atoms with Gasteiger partial charge in [-0.1, -0.05) is 6.92 Å². The first-order chi connectivity index (χ1) is 7.99. The first kappa shape index (κ1) is 12.5. The average Bonchev–Trinajstić information content (AvgIpc) is 2.69. The van der Waals surface area contributed by atoms with Gasteiger partial charge in [-0.15, -0.1) is 0 Å². The zero-order valence-electron chi connectivity index (χ0n) is 10.0. The molecule has 2 N–H and O–H groups in total. The Morgan fingerprint density at radius 3 is 2.94 bits per heavy atom. The highest BCUT2D eigenvalue weighted by Crippen LogP contribution is 2.15. The Labute approximate surface area is 101 Å². The molecular formula is C10H18N4O2S. The van der Waals surface area contributed by atoms with Gasteiger partial charge < -0.3 is 5.32 Å². The minimum atomic E-state index is -3.45. The van der Waals surface area contributed by atoms with E-state index in [0.29, 0.717) is 12.5 Å². The summed E-state index contributed by atoms with van der Waals surface area (Å²) in [5, 5.41) is 7.07. The molecule has 1 saturated heterocycles. The van der Waals surface area contributed by atoms with Crippen LogP contribution in [0.5, 0.6) is 0 Å². The summed E-state index contributed by atoms with van der Waals surface area (Å²) >= 11 is 0. The number of nitrogens with zero attached hydrogens (tertiary/aromatic N) is 2. The maximum absolute atomic E-state index is 12.1. The molecule has 17 heavy (non-hydrogen) atoms. The molecule has 0 amide bonds. The Balaban J connectivity index is 2.11. The van der Waals surface area contributed by atoms with Crippen LogP contribution in [0.2, 0.25) is 0 Å². The van der Waals surface area contributed by atoms with Gasteiger partial charge in [0.05, 0.1) is 6.20 Å². The van der Waals surface area contributed by atoms with Gasteiger partial charge in [0.2, 0.25) is 10.0 Å². The number of nitrogens with one attached hydrogen (secondary N) is 2. The molecule has 0 aliphatic carbocycles. The van der Waals surface area contributed by atoms with E-state index < -0.39 is 10.0 Å². The van der Waals surface area contributed by atoms with Crippen molar-refractivity contribution in [1.82, 2.24) is 19.8 Å². The molecule has 0 aromatic carbocycles. The summed E-state index contributed by atoms with van der Waals surface area (Å²) in [6.07, 6.45) is 3.85. The van der Waals surface area contributed by atoms with Gasteiger partial charge in [0.1, 0.15) is 4.90 Å². The highest BCUT2D eigenvalue weighted by molar-refractivity contribution is 7.89. The average molecular weight is 258 g/mol. The minimum Gasteiger partial charge on any atom is -0.315 e. The molecule has 7 heteroatoms. The van der Waals surface area contributed by atoms with Crippen molar-refractivity contribution in [2.75, 3.05) is 13.1 Å². The standard InChI is InChI=1S/C10H18N4O2S/c1-8-3-4-11-6-10(8)13-17(15,16)9-5-12-14(2)7-9/h5,7-8,10-11,13H,3-4,6H2,1-2H3/t8-,10+/m1/s1. The third kappa shape index (κ3) is 2.85. The Morgan fingerprint density at radius 1 is 1.59 bits per heavy atom. The zero-order chi connectivity index (χ0) is 12.5. The van der Waals surface area contributed by atoms with Crippen LogP contribution >= 0.6 is 0 Å². The van der Waals surface area contributed by atoms with E-state index in [-0.39, 0.29) is 10.9 Å². The number of aryl methyl sites for hydroxylation is 1. The lowest BCUT2D eigenvalue weighted by molar-refractivity contribution is 0.327. The molecular weight excluding hydrogens is 240 g/mol. The van der Waals surface area contributed by atoms with Crippen LogP contribution in [-0.4, -0.2) is 37.3 Å². The highest BCUT2D eigenvalue weighted by Gasteiger charge is 2.27. The van der Waals surface area contributed by atoms with Gasteiger partial charge in [-0.25, -0.2) is 13.1 Å². The summed E-state index contributed by atoms with van der Waals surface area (Å²) in [4.78, 5) is 0.220. The second-order valence-electron chi connectivity index (χ2n) is 4.55. The molecule has 0 unspecified atom stereocenters. The van der Waals surface area contributed by atoms with Crippen molar-refractivity contribution in [3.8, 4) is 0 Å². The van der Waals surface area contributed by atoms with Gasteiger partial charge in [-0.3, -0.25) is 4.68 Å². The molecule has 0 bridgehead atoms. The molecule has 96 valence electrons. The van der Waals surface area contributed by atoms with Crippen LogP contribution in [0.3, 0.4) is 0 Å². The summed E-state index contributed by atoms with van der Waals surface area (Å²) in [5.41, 5.74) is 0. The van der Waals surface area contributed by atoms with Crippen molar-refractivity contribution in [1.29, 1.82) is 0 Å². The number of rotatable bonds is 3. The van der Waals surface area contributed by atoms with Crippen LogP contribution < -0.4 is 10.0 Å². The molecule has 1 aromatic heterocycles. The second-order valence-corrected chi connectivity index (χ2v) is 6.26. The fourth-order valence-corrected chi connectivity index (χ4v) is 3.28.